The Balaban J connectivity index is 1.61. The molecule has 0 radical (unpaired) electrons. The van der Waals surface area contributed by atoms with Gasteiger partial charge in [0.25, 0.3) is 0 Å². The lowest BCUT2D eigenvalue weighted by atomic mass is 9.60. The van der Waals surface area contributed by atoms with Crippen LogP contribution in [0.1, 0.15) is 73.0 Å². The first-order chi connectivity index (χ1) is 19.2. The summed E-state index contributed by atoms with van der Waals surface area (Å²) in [6.07, 6.45) is 11.9. The zero-order valence-electron chi connectivity index (χ0n) is 22.5. The molecule has 0 saturated heterocycles. The van der Waals surface area contributed by atoms with Gasteiger partial charge < -0.3 is 5.11 Å². The van der Waals surface area contributed by atoms with Gasteiger partial charge in [0.05, 0.1) is 17.6 Å². The van der Waals surface area contributed by atoms with Crippen LogP contribution in [0.15, 0.2) is 85.5 Å². The Bertz CT molecular complexity index is 1590. The van der Waals surface area contributed by atoms with E-state index in [4.69, 9.17) is 28.8 Å². The second-order valence-electron chi connectivity index (χ2n) is 11.0. The van der Waals surface area contributed by atoms with E-state index in [-0.39, 0.29) is 18.1 Å². The summed E-state index contributed by atoms with van der Waals surface area (Å²) in [6, 6.07) is 17.5. The first kappa shape index (κ1) is 28.1. The summed E-state index contributed by atoms with van der Waals surface area (Å²) in [4.78, 5) is 30.2. The van der Waals surface area contributed by atoms with Crippen LogP contribution in [0.4, 0.5) is 0 Å². The molecule has 0 aliphatic heterocycles. The van der Waals surface area contributed by atoms with Crippen molar-refractivity contribution in [2.75, 3.05) is 0 Å². The van der Waals surface area contributed by atoms with E-state index < -0.39 is 16.8 Å². The van der Waals surface area contributed by atoms with Crippen LogP contribution < -0.4 is 0 Å². The van der Waals surface area contributed by atoms with Crippen molar-refractivity contribution < 1.29 is 14.7 Å². The van der Waals surface area contributed by atoms with Crippen LogP contribution in [0.3, 0.4) is 0 Å². The number of rotatable bonds is 11. The SMILES string of the molecule is C=CC1(C(CCC(=S)C2(CC(=O)O)CC2)c2ccccc2C(C)=O)CC=CC=C1c1ccc2ccc(Cl)cc2n1. The summed E-state index contributed by atoms with van der Waals surface area (Å²) in [5.74, 6) is -0.954. The van der Waals surface area contributed by atoms with Gasteiger partial charge in [0.1, 0.15) is 0 Å². The predicted octanol–water partition coefficient (Wildman–Crippen LogP) is 8.80. The first-order valence-electron chi connectivity index (χ1n) is 13.6. The maximum atomic E-state index is 12.8. The van der Waals surface area contributed by atoms with Gasteiger partial charge in [-0.2, -0.15) is 0 Å². The van der Waals surface area contributed by atoms with Gasteiger partial charge in [-0.25, -0.2) is 4.98 Å². The minimum atomic E-state index is -0.814. The maximum Gasteiger partial charge on any atom is 0.304 e. The number of aliphatic carboxylic acids is 1. The second-order valence-corrected chi connectivity index (χ2v) is 11.9. The Morgan fingerprint density at radius 2 is 1.93 bits per heavy atom. The number of thiocarbonyl (C=S) groups is 1. The van der Waals surface area contributed by atoms with Crippen molar-refractivity contribution in [1.82, 2.24) is 4.98 Å². The highest BCUT2D eigenvalue weighted by Gasteiger charge is 2.49. The fourth-order valence-electron chi connectivity index (χ4n) is 6.27. The highest BCUT2D eigenvalue weighted by Crippen LogP contribution is 2.56. The molecule has 2 aliphatic carbocycles. The average Bonchev–Trinajstić information content (AvgIpc) is 3.72. The highest BCUT2D eigenvalue weighted by molar-refractivity contribution is 7.80. The average molecular weight is 570 g/mol. The number of Topliss-reactive ketones (excluding diaryl/α,β-unsaturated/α-hetero) is 1. The molecule has 3 aromatic rings. The third-order valence-electron chi connectivity index (χ3n) is 8.58. The number of aromatic nitrogens is 1. The number of halogens is 1. The monoisotopic (exact) mass is 569 g/mol. The molecule has 2 unspecified atom stereocenters. The van der Waals surface area contributed by atoms with Crippen LogP contribution in [0.5, 0.6) is 0 Å². The van der Waals surface area contributed by atoms with Crippen molar-refractivity contribution in [3.05, 3.63) is 107 Å². The molecule has 1 aromatic heterocycles. The van der Waals surface area contributed by atoms with Crippen molar-refractivity contribution in [1.29, 1.82) is 0 Å². The number of carboxylic acid groups (broad SMARTS) is 1. The van der Waals surface area contributed by atoms with Gasteiger partial charge >= 0.3 is 5.97 Å². The van der Waals surface area contributed by atoms with Crippen LogP contribution >= 0.6 is 23.8 Å². The summed E-state index contributed by atoms with van der Waals surface area (Å²) in [6.45, 7) is 5.93. The number of carboxylic acids is 1. The van der Waals surface area contributed by atoms with Gasteiger partial charge in [-0.1, -0.05) is 84.5 Å². The van der Waals surface area contributed by atoms with Gasteiger partial charge in [0, 0.05) is 26.8 Å². The number of ketones is 1. The molecule has 2 aliphatic rings. The fraction of sp³-hybridized carbons (Fsp3) is 0.294. The highest BCUT2D eigenvalue weighted by atomic mass is 35.5. The van der Waals surface area contributed by atoms with Gasteiger partial charge in [-0.05, 0) is 79.1 Å². The third kappa shape index (κ3) is 5.33. The van der Waals surface area contributed by atoms with Gasteiger partial charge in [0.15, 0.2) is 5.78 Å². The Hall–Kier alpha value is -3.41. The number of benzene rings is 2. The lowest BCUT2D eigenvalue weighted by Crippen LogP contribution is -2.32. The topological polar surface area (TPSA) is 67.3 Å². The molecule has 2 aromatic carbocycles. The Kier molecular flexibility index (Phi) is 7.89. The molecule has 1 fully saturated rings. The largest absolute Gasteiger partial charge is 0.481 e. The van der Waals surface area contributed by atoms with E-state index in [1.807, 2.05) is 60.7 Å². The van der Waals surface area contributed by atoms with Gasteiger partial charge in [0.2, 0.25) is 0 Å². The fourth-order valence-corrected chi connectivity index (χ4v) is 6.83. The molecule has 1 saturated carbocycles. The zero-order valence-corrected chi connectivity index (χ0v) is 24.1. The molecule has 40 heavy (non-hydrogen) atoms. The standard InChI is InChI=1S/C34H32ClNO3S/c1-3-34(17-7-6-10-28(34)29-15-12-23-11-13-24(35)20-30(23)36-29)27(26-9-5-4-8-25(26)22(2)37)14-16-31(40)33(18-19-33)21-32(38)39/h3-13,15,20,27H,1,14,16-19,21H2,2H3,(H,38,39). The Morgan fingerprint density at radius 3 is 2.62 bits per heavy atom. The van der Waals surface area contributed by atoms with Crippen LogP contribution in [0.2, 0.25) is 5.02 Å². The van der Waals surface area contributed by atoms with E-state index in [0.29, 0.717) is 29.8 Å². The number of pyridine rings is 1. The number of allylic oxidation sites excluding steroid dienone is 5. The van der Waals surface area contributed by atoms with E-state index >= 15 is 0 Å². The number of hydrogen-bond donors (Lipinski definition) is 1. The first-order valence-corrected chi connectivity index (χ1v) is 14.4. The number of hydrogen-bond acceptors (Lipinski definition) is 4. The van der Waals surface area contributed by atoms with Crippen LogP contribution in [-0.2, 0) is 4.79 Å². The molecule has 1 heterocycles. The van der Waals surface area contributed by atoms with Gasteiger partial charge in [-0.15, -0.1) is 6.58 Å². The van der Waals surface area contributed by atoms with Crippen LogP contribution in [-0.4, -0.2) is 26.7 Å². The van der Waals surface area contributed by atoms with E-state index in [1.54, 1.807) is 6.92 Å². The summed E-state index contributed by atoms with van der Waals surface area (Å²) < 4.78 is 0. The summed E-state index contributed by atoms with van der Waals surface area (Å²) >= 11 is 12.2. The van der Waals surface area contributed by atoms with E-state index in [1.165, 1.54) is 0 Å². The lowest BCUT2D eigenvalue weighted by molar-refractivity contribution is -0.137. The molecular weight excluding hydrogens is 538 g/mol. The van der Waals surface area contributed by atoms with Crippen molar-refractivity contribution in [2.24, 2.45) is 10.8 Å². The Labute approximate surface area is 245 Å². The smallest absolute Gasteiger partial charge is 0.304 e. The molecule has 0 bridgehead atoms. The van der Waals surface area contributed by atoms with Gasteiger partial charge in [-0.3, -0.25) is 9.59 Å². The van der Waals surface area contributed by atoms with E-state index in [0.717, 1.165) is 45.4 Å². The van der Waals surface area contributed by atoms with E-state index in [9.17, 15) is 14.7 Å². The third-order valence-corrected chi connectivity index (χ3v) is 9.45. The molecule has 5 rings (SSSR count). The van der Waals surface area contributed by atoms with Crippen molar-refractivity contribution >= 4 is 56.9 Å². The predicted molar refractivity (Wildman–Crippen MR) is 166 cm³/mol. The minimum Gasteiger partial charge on any atom is -0.481 e. The Morgan fingerprint density at radius 1 is 1.18 bits per heavy atom. The molecule has 204 valence electrons. The molecule has 0 spiro atoms. The summed E-state index contributed by atoms with van der Waals surface area (Å²) in [5, 5.41) is 11.1. The quantitative estimate of drug-likeness (QED) is 0.142. The number of carbonyl (C=O) groups is 2. The molecule has 1 N–H and O–H groups in total. The van der Waals surface area contributed by atoms with Crippen molar-refractivity contribution in [3.8, 4) is 0 Å². The number of nitrogens with zero attached hydrogens (tertiary/aromatic N) is 1. The molecule has 4 nitrogen and oxygen atoms in total. The minimum absolute atomic E-state index is 0.00211. The molecule has 2 atom stereocenters. The maximum absolute atomic E-state index is 12.8. The molecule has 6 heteroatoms. The van der Waals surface area contributed by atoms with Crippen molar-refractivity contribution in [3.63, 3.8) is 0 Å². The second kappa shape index (κ2) is 11.2. The van der Waals surface area contributed by atoms with Crippen LogP contribution in [0, 0.1) is 10.8 Å². The van der Waals surface area contributed by atoms with Crippen LogP contribution in [0.25, 0.3) is 16.5 Å². The molecule has 0 amide bonds. The zero-order chi connectivity index (χ0) is 28.5. The normalized spacial score (nSPS) is 20.0. The van der Waals surface area contributed by atoms with Crippen molar-refractivity contribution in [2.45, 2.75) is 51.4 Å². The summed E-state index contributed by atoms with van der Waals surface area (Å²) in [5.41, 5.74) is 3.33. The number of carbonyl (C=O) groups excluding carboxylic acids is 1. The number of fused-ring (bicyclic) bond motifs is 1. The van der Waals surface area contributed by atoms with E-state index in [2.05, 4.69) is 24.8 Å². The lowest BCUT2D eigenvalue weighted by Gasteiger charge is -2.42. The molecular formula is C34H32ClNO3S. The summed E-state index contributed by atoms with van der Waals surface area (Å²) in [7, 11) is 0.